The molecule has 3 rings (SSSR count). The van der Waals surface area contributed by atoms with Gasteiger partial charge in [-0.25, -0.2) is 4.39 Å². The van der Waals surface area contributed by atoms with E-state index in [-0.39, 0.29) is 24.3 Å². The van der Waals surface area contributed by atoms with Crippen LogP contribution in [-0.2, 0) is 6.54 Å². The second-order valence-corrected chi connectivity index (χ2v) is 5.55. The van der Waals surface area contributed by atoms with Crippen LogP contribution in [-0.4, -0.2) is 29.5 Å². The Kier molecular flexibility index (Phi) is 5.89. The number of rotatable bonds is 3. The van der Waals surface area contributed by atoms with Gasteiger partial charge in [-0.1, -0.05) is 12.1 Å². The molecule has 3 nitrogen and oxygen atoms in total. The first-order valence-corrected chi connectivity index (χ1v) is 7.34. The monoisotopic (exact) mass is 321 g/mol. The first kappa shape index (κ1) is 16.9. The second kappa shape index (κ2) is 7.68. The van der Waals surface area contributed by atoms with E-state index in [0.717, 1.165) is 37.3 Å². The molecule has 118 valence electrons. The summed E-state index contributed by atoms with van der Waals surface area (Å²) in [5, 5.41) is 3.43. The fraction of sp³-hybridized carbons (Fsp3) is 0.353. The van der Waals surface area contributed by atoms with Crippen molar-refractivity contribution in [3.63, 3.8) is 0 Å². The molecule has 5 heteroatoms. The zero-order valence-corrected chi connectivity index (χ0v) is 13.4. The predicted octanol–water partition coefficient (Wildman–Crippen LogP) is 3.10. The van der Waals surface area contributed by atoms with Crippen molar-refractivity contribution < 1.29 is 4.39 Å². The summed E-state index contributed by atoms with van der Waals surface area (Å²) < 4.78 is 13.5. The minimum atomic E-state index is -0.163. The number of benzene rings is 1. The van der Waals surface area contributed by atoms with Gasteiger partial charge in [-0.05, 0) is 41.8 Å². The van der Waals surface area contributed by atoms with Crippen molar-refractivity contribution in [3.05, 3.63) is 65.2 Å². The SMILES string of the molecule is Cc1ccc(F)cc1CN1CCNCC1c1cccnc1.Cl. The molecule has 1 aromatic heterocycles. The zero-order valence-electron chi connectivity index (χ0n) is 12.6. The van der Waals surface area contributed by atoms with Crippen LogP contribution in [0.1, 0.15) is 22.7 Å². The number of halogens is 2. The van der Waals surface area contributed by atoms with Gasteiger partial charge < -0.3 is 5.32 Å². The van der Waals surface area contributed by atoms with Crippen LogP contribution in [0.25, 0.3) is 0 Å². The number of piperazine rings is 1. The van der Waals surface area contributed by atoms with Gasteiger partial charge in [0.15, 0.2) is 0 Å². The highest BCUT2D eigenvalue weighted by molar-refractivity contribution is 5.85. The number of hydrogen-bond acceptors (Lipinski definition) is 3. The van der Waals surface area contributed by atoms with Crippen molar-refractivity contribution in [2.45, 2.75) is 19.5 Å². The number of pyridine rings is 1. The summed E-state index contributed by atoms with van der Waals surface area (Å²) in [4.78, 5) is 6.62. The molecule has 22 heavy (non-hydrogen) atoms. The molecular formula is C17H21ClFN3. The van der Waals surface area contributed by atoms with Crippen LogP contribution in [0.2, 0.25) is 0 Å². The lowest BCUT2D eigenvalue weighted by Crippen LogP contribution is -2.45. The van der Waals surface area contributed by atoms with Crippen LogP contribution < -0.4 is 5.32 Å². The second-order valence-electron chi connectivity index (χ2n) is 5.55. The molecule has 0 spiro atoms. The van der Waals surface area contributed by atoms with Crippen molar-refractivity contribution in [1.82, 2.24) is 15.2 Å². The smallest absolute Gasteiger partial charge is 0.123 e. The van der Waals surface area contributed by atoms with Crippen LogP contribution in [0.15, 0.2) is 42.7 Å². The molecule has 1 aliphatic heterocycles. The van der Waals surface area contributed by atoms with Gasteiger partial charge in [0.2, 0.25) is 0 Å². The van der Waals surface area contributed by atoms with Gasteiger partial charge in [-0.15, -0.1) is 12.4 Å². The maximum Gasteiger partial charge on any atom is 0.123 e. The molecule has 0 amide bonds. The maximum absolute atomic E-state index is 13.5. The van der Waals surface area contributed by atoms with E-state index in [4.69, 9.17) is 0 Å². The van der Waals surface area contributed by atoms with Crippen molar-refractivity contribution in [2.24, 2.45) is 0 Å². The van der Waals surface area contributed by atoms with E-state index >= 15 is 0 Å². The standard InChI is InChI=1S/C17H20FN3.ClH/c1-13-4-5-16(18)9-15(13)12-21-8-7-20-11-17(21)14-3-2-6-19-10-14;/h2-6,9-10,17,20H,7-8,11-12H2,1H3;1H. The Hall–Kier alpha value is -1.49. The third-order valence-corrected chi connectivity index (χ3v) is 4.11. The summed E-state index contributed by atoms with van der Waals surface area (Å²) in [6, 6.07) is 9.39. The van der Waals surface area contributed by atoms with Crippen molar-refractivity contribution in [2.75, 3.05) is 19.6 Å². The number of nitrogens with zero attached hydrogens (tertiary/aromatic N) is 2. The van der Waals surface area contributed by atoms with E-state index in [1.165, 1.54) is 11.6 Å². The third-order valence-electron chi connectivity index (χ3n) is 4.11. The average Bonchev–Trinajstić information content (AvgIpc) is 2.52. The molecule has 2 heterocycles. The van der Waals surface area contributed by atoms with Crippen LogP contribution in [0.4, 0.5) is 4.39 Å². The molecule has 2 aromatic rings. The van der Waals surface area contributed by atoms with Gasteiger partial charge in [-0.3, -0.25) is 9.88 Å². The normalized spacial score (nSPS) is 18.7. The minimum Gasteiger partial charge on any atom is -0.314 e. The van der Waals surface area contributed by atoms with Gasteiger partial charge in [-0.2, -0.15) is 0 Å². The fourth-order valence-electron chi connectivity index (χ4n) is 2.87. The molecule has 1 unspecified atom stereocenters. The summed E-state index contributed by atoms with van der Waals surface area (Å²) in [7, 11) is 0. The molecule has 1 fully saturated rings. The molecule has 1 saturated heterocycles. The molecular weight excluding hydrogens is 301 g/mol. The van der Waals surface area contributed by atoms with Gasteiger partial charge in [0.1, 0.15) is 5.82 Å². The van der Waals surface area contributed by atoms with E-state index in [1.54, 1.807) is 12.3 Å². The Morgan fingerprint density at radius 2 is 2.23 bits per heavy atom. The summed E-state index contributed by atoms with van der Waals surface area (Å²) in [5.41, 5.74) is 3.41. The van der Waals surface area contributed by atoms with Crippen molar-refractivity contribution in [1.29, 1.82) is 0 Å². The zero-order chi connectivity index (χ0) is 14.7. The van der Waals surface area contributed by atoms with Crippen LogP contribution in [0, 0.1) is 12.7 Å². The largest absolute Gasteiger partial charge is 0.314 e. The molecule has 1 aromatic carbocycles. The Morgan fingerprint density at radius 1 is 1.36 bits per heavy atom. The third kappa shape index (κ3) is 3.83. The van der Waals surface area contributed by atoms with Gasteiger partial charge in [0, 0.05) is 44.6 Å². The number of aromatic nitrogens is 1. The lowest BCUT2D eigenvalue weighted by atomic mass is 10.0. The highest BCUT2D eigenvalue weighted by Crippen LogP contribution is 2.24. The van der Waals surface area contributed by atoms with Gasteiger partial charge in [0.25, 0.3) is 0 Å². The van der Waals surface area contributed by atoms with Crippen molar-refractivity contribution in [3.8, 4) is 0 Å². The summed E-state index contributed by atoms with van der Waals surface area (Å²) in [5.74, 6) is -0.163. The minimum absolute atomic E-state index is 0. The van der Waals surface area contributed by atoms with Gasteiger partial charge in [0.05, 0.1) is 0 Å². The first-order chi connectivity index (χ1) is 10.2. The lowest BCUT2D eigenvalue weighted by Gasteiger charge is -2.36. The first-order valence-electron chi connectivity index (χ1n) is 7.34. The molecule has 0 saturated carbocycles. The summed E-state index contributed by atoms with van der Waals surface area (Å²) in [6.07, 6.45) is 3.71. The Balaban J connectivity index is 0.00000176. The topological polar surface area (TPSA) is 28.2 Å². The molecule has 0 bridgehead atoms. The Bertz CT molecular complexity index is 606. The number of aryl methyl sites for hydroxylation is 1. The highest BCUT2D eigenvalue weighted by Gasteiger charge is 2.24. The van der Waals surface area contributed by atoms with Crippen LogP contribution in [0.3, 0.4) is 0 Å². The van der Waals surface area contributed by atoms with E-state index in [1.807, 2.05) is 25.3 Å². The van der Waals surface area contributed by atoms with E-state index in [2.05, 4.69) is 21.3 Å². The predicted molar refractivity (Wildman–Crippen MR) is 88.6 cm³/mol. The van der Waals surface area contributed by atoms with Gasteiger partial charge >= 0.3 is 0 Å². The lowest BCUT2D eigenvalue weighted by molar-refractivity contribution is 0.153. The highest BCUT2D eigenvalue weighted by atomic mass is 35.5. The Labute approximate surface area is 137 Å². The summed E-state index contributed by atoms with van der Waals surface area (Å²) >= 11 is 0. The average molecular weight is 322 g/mol. The molecule has 1 N–H and O–H groups in total. The number of nitrogens with one attached hydrogen (secondary N) is 1. The van der Waals surface area contributed by atoms with Crippen LogP contribution in [0.5, 0.6) is 0 Å². The van der Waals surface area contributed by atoms with E-state index in [0.29, 0.717) is 0 Å². The summed E-state index contributed by atoms with van der Waals surface area (Å²) in [6.45, 7) is 5.63. The van der Waals surface area contributed by atoms with Crippen LogP contribution >= 0.6 is 12.4 Å². The van der Waals surface area contributed by atoms with E-state index < -0.39 is 0 Å². The number of hydrogen-bond donors (Lipinski definition) is 1. The van der Waals surface area contributed by atoms with E-state index in [9.17, 15) is 4.39 Å². The molecule has 1 aliphatic rings. The fourth-order valence-corrected chi connectivity index (χ4v) is 2.87. The molecule has 0 aliphatic carbocycles. The van der Waals surface area contributed by atoms with Crippen molar-refractivity contribution >= 4 is 12.4 Å². The molecule has 1 atom stereocenters. The quantitative estimate of drug-likeness (QED) is 0.941. The molecule has 0 radical (unpaired) electrons. The maximum atomic E-state index is 13.5. The Morgan fingerprint density at radius 3 is 3.00 bits per heavy atom.